The second kappa shape index (κ2) is 4.69. The maximum Gasteiger partial charge on any atom is 0.177 e. The molecule has 3 nitrogen and oxygen atoms in total. The van der Waals surface area contributed by atoms with Gasteiger partial charge in [-0.2, -0.15) is 0 Å². The topological polar surface area (TPSA) is 60.2 Å². The van der Waals surface area contributed by atoms with Crippen molar-refractivity contribution in [3.63, 3.8) is 0 Å². The van der Waals surface area contributed by atoms with Crippen LogP contribution < -0.4 is 5.73 Å². The number of hydrogen-bond acceptors (Lipinski definition) is 3. The molecule has 1 aliphatic rings. The van der Waals surface area contributed by atoms with Crippen LogP contribution in [-0.4, -0.2) is 14.7 Å². The largest absolute Gasteiger partial charge is 0.398 e. The van der Waals surface area contributed by atoms with E-state index in [0.717, 1.165) is 18.4 Å². The third kappa shape index (κ3) is 2.63. The van der Waals surface area contributed by atoms with Crippen LogP contribution in [0.5, 0.6) is 0 Å². The van der Waals surface area contributed by atoms with Crippen molar-refractivity contribution in [3.8, 4) is 0 Å². The van der Waals surface area contributed by atoms with Crippen molar-refractivity contribution in [2.24, 2.45) is 0 Å². The molecule has 1 fully saturated rings. The molecule has 0 saturated heterocycles. The van der Waals surface area contributed by atoms with E-state index in [2.05, 4.69) is 0 Å². The molecule has 0 heterocycles. The molecule has 0 bridgehead atoms. The number of nitrogen functional groups attached to an aromatic ring is 1. The van der Waals surface area contributed by atoms with E-state index in [9.17, 15) is 8.42 Å². The third-order valence-electron chi connectivity index (χ3n) is 3.49. The van der Waals surface area contributed by atoms with E-state index >= 15 is 0 Å². The quantitative estimate of drug-likeness (QED) is 0.824. The molecule has 0 aliphatic heterocycles. The third-order valence-corrected chi connectivity index (χ3v) is 4.70. The van der Waals surface area contributed by atoms with E-state index in [1.807, 2.05) is 12.1 Å². The van der Waals surface area contributed by atoms with E-state index in [4.69, 9.17) is 5.73 Å². The fourth-order valence-electron chi connectivity index (χ4n) is 2.74. The summed E-state index contributed by atoms with van der Waals surface area (Å²) in [5.41, 5.74) is 7.14. The monoisotopic (exact) mass is 253 g/mol. The van der Waals surface area contributed by atoms with Crippen molar-refractivity contribution in [2.75, 3.05) is 12.0 Å². The van der Waals surface area contributed by atoms with Gasteiger partial charge in [0.25, 0.3) is 0 Å². The first-order chi connectivity index (χ1) is 8.00. The van der Waals surface area contributed by atoms with Crippen LogP contribution in [0.25, 0.3) is 0 Å². The van der Waals surface area contributed by atoms with Crippen molar-refractivity contribution in [1.82, 2.24) is 0 Å². The molecule has 0 unspecified atom stereocenters. The van der Waals surface area contributed by atoms with Crippen molar-refractivity contribution in [1.29, 1.82) is 0 Å². The number of anilines is 1. The Hall–Kier alpha value is -1.03. The minimum absolute atomic E-state index is 0.354. The van der Waals surface area contributed by atoms with E-state index in [1.165, 1.54) is 25.5 Å². The van der Waals surface area contributed by atoms with Gasteiger partial charge in [-0.25, -0.2) is 8.42 Å². The van der Waals surface area contributed by atoms with Gasteiger partial charge in [-0.1, -0.05) is 31.4 Å². The molecule has 2 N–H and O–H groups in total. The average Bonchev–Trinajstić information content (AvgIpc) is 2.28. The van der Waals surface area contributed by atoms with Crippen LogP contribution in [-0.2, 0) is 9.84 Å². The summed E-state index contributed by atoms with van der Waals surface area (Å²) in [6.45, 7) is 0. The molecule has 1 aromatic rings. The lowest BCUT2D eigenvalue weighted by molar-refractivity contribution is 0.439. The normalized spacial score (nSPS) is 18.2. The molecule has 1 saturated carbocycles. The Bertz CT molecular complexity index is 502. The summed E-state index contributed by atoms with van der Waals surface area (Å²) in [5, 5.41) is 0. The van der Waals surface area contributed by atoms with Crippen molar-refractivity contribution in [3.05, 3.63) is 23.8 Å². The summed E-state index contributed by atoms with van der Waals surface area (Å²) < 4.78 is 23.7. The lowest BCUT2D eigenvalue weighted by Gasteiger charge is -2.24. The van der Waals surface area contributed by atoms with Gasteiger partial charge in [0.15, 0.2) is 9.84 Å². The van der Waals surface area contributed by atoms with Crippen LogP contribution in [0, 0.1) is 0 Å². The number of hydrogen-bond donors (Lipinski definition) is 1. The van der Waals surface area contributed by atoms with Gasteiger partial charge in [-0.15, -0.1) is 0 Å². The van der Waals surface area contributed by atoms with Crippen LogP contribution in [0.3, 0.4) is 0 Å². The van der Waals surface area contributed by atoms with Gasteiger partial charge in [0.05, 0.1) is 10.6 Å². The summed E-state index contributed by atoms with van der Waals surface area (Å²) in [5.74, 6) is 0.358. The van der Waals surface area contributed by atoms with Gasteiger partial charge >= 0.3 is 0 Å². The molecule has 1 aromatic carbocycles. The molecule has 0 radical (unpaired) electrons. The van der Waals surface area contributed by atoms with Crippen LogP contribution in [0.2, 0.25) is 0 Å². The predicted octanol–water partition coefficient (Wildman–Crippen LogP) is 2.72. The molecule has 0 amide bonds. The van der Waals surface area contributed by atoms with Gasteiger partial charge in [0, 0.05) is 6.26 Å². The Balaban J connectivity index is 2.49. The molecular weight excluding hydrogens is 234 g/mol. The highest BCUT2D eigenvalue weighted by Crippen LogP contribution is 2.37. The molecule has 1 aliphatic carbocycles. The number of nitrogens with two attached hydrogens (primary N) is 1. The molecule has 0 atom stereocenters. The first-order valence-electron chi connectivity index (χ1n) is 6.08. The van der Waals surface area contributed by atoms with Crippen molar-refractivity contribution in [2.45, 2.75) is 42.9 Å². The average molecular weight is 253 g/mol. The molecule has 2 rings (SSSR count). The highest BCUT2D eigenvalue weighted by Gasteiger charge is 2.24. The fourth-order valence-corrected chi connectivity index (χ4v) is 3.90. The minimum atomic E-state index is -3.24. The molecule has 17 heavy (non-hydrogen) atoms. The summed E-state index contributed by atoms with van der Waals surface area (Å²) in [6.07, 6.45) is 7.02. The Labute approximate surface area is 103 Å². The summed E-state index contributed by atoms with van der Waals surface area (Å²) in [6, 6.07) is 5.44. The van der Waals surface area contributed by atoms with Gasteiger partial charge in [0.1, 0.15) is 0 Å². The zero-order chi connectivity index (χ0) is 12.5. The highest BCUT2D eigenvalue weighted by atomic mass is 32.2. The molecule has 0 aromatic heterocycles. The van der Waals surface area contributed by atoms with Gasteiger partial charge in [-0.3, -0.25) is 0 Å². The highest BCUT2D eigenvalue weighted by molar-refractivity contribution is 7.91. The van der Waals surface area contributed by atoms with E-state index < -0.39 is 9.84 Å². The van der Waals surface area contributed by atoms with Gasteiger partial charge in [0.2, 0.25) is 0 Å². The summed E-state index contributed by atoms with van der Waals surface area (Å²) >= 11 is 0. The second-order valence-electron chi connectivity index (χ2n) is 4.87. The van der Waals surface area contributed by atoms with E-state index in [-0.39, 0.29) is 0 Å². The maximum absolute atomic E-state index is 11.8. The van der Waals surface area contributed by atoms with E-state index in [1.54, 1.807) is 6.07 Å². The standard InChI is InChI=1S/C13H19NO2S/c1-17(15,16)13-11(8-5-9-12(13)14)10-6-3-2-4-7-10/h5,8-10H,2-4,6-7,14H2,1H3. The SMILES string of the molecule is CS(=O)(=O)c1c(N)cccc1C1CCCCC1. The summed E-state index contributed by atoms with van der Waals surface area (Å²) in [7, 11) is -3.24. The number of sulfone groups is 1. The summed E-state index contributed by atoms with van der Waals surface area (Å²) in [4.78, 5) is 0.354. The smallest absolute Gasteiger partial charge is 0.177 e. The lowest BCUT2D eigenvalue weighted by Crippen LogP contribution is -2.12. The van der Waals surface area contributed by atoms with Gasteiger partial charge < -0.3 is 5.73 Å². The zero-order valence-electron chi connectivity index (χ0n) is 10.1. The fraction of sp³-hybridized carbons (Fsp3) is 0.538. The zero-order valence-corrected chi connectivity index (χ0v) is 11.0. The van der Waals surface area contributed by atoms with Gasteiger partial charge in [-0.05, 0) is 30.4 Å². The first-order valence-corrected chi connectivity index (χ1v) is 7.97. The van der Waals surface area contributed by atoms with Crippen molar-refractivity contribution >= 4 is 15.5 Å². The Kier molecular flexibility index (Phi) is 3.43. The van der Waals surface area contributed by atoms with E-state index in [0.29, 0.717) is 16.5 Å². The van der Waals surface area contributed by atoms with Crippen molar-refractivity contribution < 1.29 is 8.42 Å². The predicted molar refractivity (Wildman–Crippen MR) is 69.8 cm³/mol. The second-order valence-corrected chi connectivity index (χ2v) is 6.83. The number of rotatable bonds is 2. The molecular formula is C13H19NO2S. The lowest BCUT2D eigenvalue weighted by atomic mass is 9.84. The first kappa shape index (κ1) is 12.4. The Morgan fingerprint density at radius 2 is 1.82 bits per heavy atom. The van der Waals surface area contributed by atoms with Crippen LogP contribution in [0.4, 0.5) is 5.69 Å². The van der Waals surface area contributed by atoms with Crippen LogP contribution in [0.15, 0.2) is 23.1 Å². The number of benzene rings is 1. The minimum Gasteiger partial charge on any atom is -0.398 e. The molecule has 4 heteroatoms. The maximum atomic E-state index is 11.8. The van der Waals surface area contributed by atoms with Crippen LogP contribution >= 0.6 is 0 Å². The molecule has 0 spiro atoms. The Morgan fingerprint density at radius 1 is 1.18 bits per heavy atom. The Morgan fingerprint density at radius 3 is 2.41 bits per heavy atom. The molecule has 94 valence electrons. The van der Waals surface area contributed by atoms with Crippen LogP contribution in [0.1, 0.15) is 43.6 Å².